The van der Waals surface area contributed by atoms with Gasteiger partial charge in [0.25, 0.3) is 0 Å². The van der Waals surface area contributed by atoms with Gasteiger partial charge < -0.3 is 24.4 Å². The number of nitrogens with zero attached hydrogens (tertiary/aromatic N) is 2. The largest absolute Gasteiger partial charge is 0.461 e. The summed E-state index contributed by atoms with van der Waals surface area (Å²) in [5, 5.41) is 10.4. The molecule has 0 saturated carbocycles. The average Bonchev–Trinajstić information content (AvgIpc) is 3.44. The van der Waals surface area contributed by atoms with Crippen molar-refractivity contribution in [2.75, 3.05) is 19.8 Å². The number of carbonyl (C=O) groups excluding carboxylic acids is 3. The molecule has 36 heavy (non-hydrogen) atoms. The highest BCUT2D eigenvalue weighted by atomic mass is 79.9. The number of fused-ring (bicyclic) bond motifs is 1. The minimum absolute atomic E-state index is 0.0305. The number of amides is 2. The van der Waals surface area contributed by atoms with E-state index >= 15 is 0 Å². The molecule has 3 saturated heterocycles. The number of aliphatic hydroxyl groups excluding tert-OH is 1. The van der Waals surface area contributed by atoms with Crippen LogP contribution in [0.2, 0.25) is 0 Å². The van der Waals surface area contributed by atoms with Gasteiger partial charge in [0.15, 0.2) is 0 Å². The van der Waals surface area contributed by atoms with Crippen molar-refractivity contribution >= 4 is 33.7 Å². The van der Waals surface area contributed by atoms with E-state index < -0.39 is 41.6 Å². The van der Waals surface area contributed by atoms with Gasteiger partial charge in [-0.25, -0.2) is 0 Å². The third kappa shape index (κ3) is 4.67. The van der Waals surface area contributed by atoms with Crippen LogP contribution in [0.15, 0.2) is 25.3 Å². The lowest BCUT2D eigenvalue weighted by molar-refractivity contribution is -0.157. The van der Waals surface area contributed by atoms with Gasteiger partial charge in [0.2, 0.25) is 11.8 Å². The van der Waals surface area contributed by atoms with Gasteiger partial charge in [-0.3, -0.25) is 14.4 Å². The van der Waals surface area contributed by atoms with E-state index in [0.717, 1.165) is 12.8 Å². The summed E-state index contributed by atoms with van der Waals surface area (Å²) in [6.07, 6.45) is 5.41. The Morgan fingerprint density at radius 2 is 2.03 bits per heavy atom. The van der Waals surface area contributed by atoms with E-state index in [9.17, 15) is 19.5 Å². The molecule has 1 N–H and O–H groups in total. The SMILES string of the molecule is C=CCOC(=O)[C@H]1[C@@H]2OC3(CC2Br)C(C(=O)N(CC=C)C(C)CCC)N([C@@H](CO)[C@@H](C)CC)C(=O)[C@H]13. The second kappa shape index (κ2) is 11.8. The van der Waals surface area contributed by atoms with E-state index in [1.165, 1.54) is 6.08 Å². The highest BCUT2D eigenvalue weighted by Crippen LogP contribution is 2.61. The minimum atomic E-state index is -1.18. The molecule has 0 radical (unpaired) electrons. The molecule has 9 atom stereocenters. The third-order valence-electron chi connectivity index (χ3n) is 8.27. The smallest absolute Gasteiger partial charge is 0.312 e. The molecule has 3 aliphatic rings. The summed E-state index contributed by atoms with van der Waals surface area (Å²) >= 11 is 3.67. The lowest BCUT2D eigenvalue weighted by Gasteiger charge is -2.42. The lowest BCUT2D eigenvalue weighted by Crippen LogP contribution is -2.61. The number of likely N-dealkylation sites (tertiary alicyclic amines) is 1. The quantitative estimate of drug-likeness (QED) is 0.208. The predicted molar refractivity (Wildman–Crippen MR) is 140 cm³/mol. The molecule has 0 aromatic rings. The number of hydrogen-bond acceptors (Lipinski definition) is 6. The zero-order valence-corrected chi connectivity index (χ0v) is 23.5. The molecule has 3 heterocycles. The van der Waals surface area contributed by atoms with Crippen LogP contribution < -0.4 is 0 Å². The van der Waals surface area contributed by atoms with Crippen LogP contribution in [0.4, 0.5) is 0 Å². The van der Waals surface area contributed by atoms with Gasteiger partial charge in [-0.15, -0.1) is 6.58 Å². The first-order valence-corrected chi connectivity index (χ1v) is 14.0. The number of rotatable bonds is 13. The Morgan fingerprint density at radius 1 is 1.33 bits per heavy atom. The minimum Gasteiger partial charge on any atom is -0.461 e. The van der Waals surface area contributed by atoms with Crippen LogP contribution in [0.5, 0.6) is 0 Å². The molecular weight excluding hydrogens is 528 g/mol. The van der Waals surface area contributed by atoms with E-state index in [2.05, 4.69) is 36.0 Å². The molecule has 0 aromatic heterocycles. The molecule has 3 fully saturated rings. The fraction of sp³-hybridized carbons (Fsp3) is 0.741. The Balaban J connectivity index is 2.14. The first-order chi connectivity index (χ1) is 17.1. The maximum Gasteiger partial charge on any atom is 0.312 e. The summed E-state index contributed by atoms with van der Waals surface area (Å²) in [6, 6.07) is -1.61. The molecule has 2 bridgehead atoms. The summed E-state index contributed by atoms with van der Waals surface area (Å²) in [5.74, 6) is -2.83. The van der Waals surface area contributed by atoms with Crippen LogP contribution in [-0.2, 0) is 23.9 Å². The molecule has 0 aromatic carbocycles. The van der Waals surface area contributed by atoms with E-state index in [4.69, 9.17) is 9.47 Å². The van der Waals surface area contributed by atoms with Crippen molar-refractivity contribution in [1.29, 1.82) is 0 Å². The summed E-state index contributed by atoms with van der Waals surface area (Å²) in [7, 11) is 0. The molecule has 202 valence electrons. The van der Waals surface area contributed by atoms with Crippen LogP contribution in [0, 0.1) is 17.8 Å². The Hall–Kier alpha value is -1.71. The normalized spacial score (nSPS) is 33.1. The van der Waals surface area contributed by atoms with Gasteiger partial charge in [0.1, 0.15) is 18.2 Å². The summed E-state index contributed by atoms with van der Waals surface area (Å²) < 4.78 is 11.9. The fourth-order valence-corrected chi connectivity index (χ4v) is 7.32. The predicted octanol–water partition coefficient (Wildman–Crippen LogP) is 3.07. The van der Waals surface area contributed by atoms with Crippen molar-refractivity contribution in [3.05, 3.63) is 25.3 Å². The van der Waals surface area contributed by atoms with Crippen molar-refractivity contribution in [1.82, 2.24) is 9.80 Å². The van der Waals surface area contributed by atoms with Crippen LogP contribution in [0.1, 0.15) is 53.4 Å². The third-order valence-corrected chi connectivity index (χ3v) is 9.11. The van der Waals surface area contributed by atoms with Gasteiger partial charge in [-0.2, -0.15) is 0 Å². The van der Waals surface area contributed by atoms with Crippen LogP contribution in [0.3, 0.4) is 0 Å². The summed E-state index contributed by atoms with van der Waals surface area (Å²) in [6.45, 7) is 15.5. The zero-order chi connectivity index (χ0) is 26.8. The van der Waals surface area contributed by atoms with Crippen molar-refractivity contribution in [2.45, 2.75) is 88.0 Å². The molecule has 1 spiro atoms. The molecule has 0 aliphatic carbocycles. The van der Waals surface area contributed by atoms with Crippen LogP contribution in [-0.4, -0.2) is 87.1 Å². The maximum atomic E-state index is 14.4. The number of esters is 1. The first-order valence-electron chi connectivity index (χ1n) is 13.1. The van der Waals surface area contributed by atoms with E-state index in [0.29, 0.717) is 19.4 Å². The molecule has 3 rings (SSSR count). The molecule has 3 aliphatic heterocycles. The highest BCUT2D eigenvalue weighted by molar-refractivity contribution is 9.09. The highest BCUT2D eigenvalue weighted by Gasteiger charge is 2.77. The Kier molecular flexibility index (Phi) is 9.44. The molecule has 8 nitrogen and oxygen atoms in total. The monoisotopic (exact) mass is 568 g/mol. The second-order valence-electron chi connectivity index (χ2n) is 10.4. The lowest BCUT2D eigenvalue weighted by atomic mass is 9.70. The van der Waals surface area contributed by atoms with Gasteiger partial charge in [-0.05, 0) is 25.7 Å². The van der Waals surface area contributed by atoms with Crippen molar-refractivity contribution < 1.29 is 29.0 Å². The Bertz CT molecular complexity index is 867. The van der Waals surface area contributed by atoms with Crippen molar-refractivity contribution in [3.63, 3.8) is 0 Å². The van der Waals surface area contributed by atoms with E-state index in [-0.39, 0.29) is 41.8 Å². The number of carbonyl (C=O) groups is 3. The van der Waals surface area contributed by atoms with Crippen molar-refractivity contribution in [2.24, 2.45) is 17.8 Å². The van der Waals surface area contributed by atoms with E-state index in [1.807, 2.05) is 20.8 Å². The van der Waals surface area contributed by atoms with Crippen LogP contribution >= 0.6 is 15.9 Å². The fourth-order valence-electron chi connectivity index (χ4n) is 6.38. The zero-order valence-electron chi connectivity index (χ0n) is 21.9. The molecular formula is C27H41BrN2O6. The van der Waals surface area contributed by atoms with Gasteiger partial charge in [0.05, 0.1) is 30.6 Å². The maximum absolute atomic E-state index is 14.4. The molecule has 2 amide bonds. The summed E-state index contributed by atoms with van der Waals surface area (Å²) in [4.78, 5) is 44.8. The molecule has 9 heteroatoms. The molecule has 4 unspecified atom stereocenters. The number of ether oxygens (including phenoxy) is 2. The van der Waals surface area contributed by atoms with Gasteiger partial charge in [-0.1, -0.05) is 68.3 Å². The van der Waals surface area contributed by atoms with Gasteiger partial charge >= 0.3 is 5.97 Å². The Morgan fingerprint density at radius 3 is 2.58 bits per heavy atom. The standard InChI is InChI=1S/C27H41BrN2O6/c1-7-11-17(6)29(12-8-2)25(33)23-27-14-18(28)22(36-27)20(26(34)35-13-9-3)21(27)24(32)30(23)19(15-31)16(5)10-4/h8-9,16-23,31H,2-3,7,10-15H2,1,4-6H3/t16-,17?,18?,19-,20+,21-,22+,23?,27?/m0/s1. The van der Waals surface area contributed by atoms with Crippen LogP contribution in [0.25, 0.3) is 0 Å². The number of alkyl halides is 1. The number of halogens is 1. The summed E-state index contributed by atoms with van der Waals surface area (Å²) in [5.41, 5.74) is -1.18. The van der Waals surface area contributed by atoms with Crippen molar-refractivity contribution in [3.8, 4) is 0 Å². The van der Waals surface area contributed by atoms with E-state index in [1.54, 1.807) is 15.9 Å². The number of hydrogen-bond donors (Lipinski definition) is 1. The number of aliphatic hydroxyl groups is 1. The van der Waals surface area contributed by atoms with Gasteiger partial charge in [0, 0.05) is 17.4 Å². The first kappa shape index (κ1) is 28.9. The Labute approximate surface area is 223 Å². The average molecular weight is 570 g/mol. The topological polar surface area (TPSA) is 96.4 Å². The second-order valence-corrected chi connectivity index (χ2v) is 11.6.